The van der Waals surface area contributed by atoms with Crippen LogP contribution in [-0.2, 0) is 4.74 Å². The number of hydrogen-bond donors (Lipinski definition) is 1. The van der Waals surface area contributed by atoms with Gasteiger partial charge in [0.2, 0.25) is 0 Å². The smallest absolute Gasteiger partial charge is 0.337 e. The Kier molecular flexibility index (Phi) is 4.98. The minimum absolute atomic E-state index is 0.338. The highest BCUT2D eigenvalue weighted by Crippen LogP contribution is 2.04. The Hall–Kier alpha value is -3.02. The van der Waals surface area contributed by atoms with Crippen molar-refractivity contribution in [2.75, 3.05) is 7.11 Å². The first-order chi connectivity index (χ1) is 10.6. The van der Waals surface area contributed by atoms with Gasteiger partial charge in [-0.25, -0.2) is 10.2 Å². The number of rotatable bonds is 4. The second-order valence-electron chi connectivity index (χ2n) is 4.50. The van der Waals surface area contributed by atoms with Gasteiger partial charge in [0, 0.05) is 11.9 Å². The summed E-state index contributed by atoms with van der Waals surface area (Å²) in [5.74, 6) is -0.737. The monoisotopic (exact) mass is 297 g/mol. The predicted octanol–water partition coefficient (Wildman–Crippen LogP) is 1.94. The van der Waals surface area contributed by atoms with Crippen molar-refractivity contribution in [2.45, 2.75) is 6.92 Å². The van der Waals surface area contributed by atoms with Crippen molar-refractivity contribution >= 4 is 18.1 Å². The lowest BCUT2D eigenvalue weighted by atomic mass is 10.1. The normalized spacial score (nSPS) is 10.5. The molecule has 1 aromatic carbocycles. The van der Waals surface area contributed by atoms with E-state index in [9.17, 15) is 9.59 Å². The third kappa shape index (κ3) is 3.99. The Bertz CT molecular complexity index is 692. The number of nitrogens with one attached hydrogen (secondary N) is 1. The number of carbonyl (C=O) groups is 2. The number of aryl methyl sites for hydroxylation is 1. The van der Waals surface area contributed by atoms with Crippen LogP contribution in [0.3, 0.4) is 0 Å². The molecule has 0 aliphatic rings. The number of pyridine rings is 1. The molecule has 2 aromatic rings. The number of methoxy groups -OCH3 is 1. The fourth-order valence-electron chi connectivity index (χ4n) is 1.66. The Morgan fingerprint density at radius 1 is 1.14 bits per heavy atom. The van der Waals surface area contributed by atoms with Crippen LogP contribution in [0.25, 0.3) is 0 Å². The van der Waals surface area contributed by atoms with E-state index in [1.54, 1.807) is 36.4 Å². The second kappa shape index (κ2) is 7.12. The van der Waals surface area contributed by atoms with Gasteiger partial charge in [-0.05, 0) is 36.8 Å². The first-order valence-corrected chi connectivity index (χ1v) is 6.54. The summed E-state index contributed by atoms with van der Waals surface area (Å²) < 4.78 is 4.61. The number of esters is 1. The van der Waals surface area contributed by atoms with Gasteiger partial charge in [-0.1, -0.05) is 12.1 Å². The lowest BCUT2D eigenvalue weighted by Crippen LogP contribution is -2.17. The van der Waals surface area contributed by atoms with Gasteiger partial charge < -0.3 is 4.74 Å². The maximum absolute atomic E-state index is 11.8. The van der Waals surface area contributed by atoms with Crippen molar-refractivity contribution in [1.82, 2.24) is 10.4 Å². The SMILES string of the molecule is COC(=O)c1ccc(/C=N/NC(=O)c2ccc(C)nc2)cc1. The predicted molar refractivity (Wildman–Crippen MR) is 81.8 cm³/mol. The Balaban J connectivity index is 1.96. The van der Waals surface area contributed by atoms with Gasteiger partial charge >= 0.3 is 5.97 Å². The number of nitrogens with zero attached hydrogens (tertiary/aromatic N) is 2. The number of aromatic nitrogens is 1. The van der Waals surface area contributed by atoms with E-state index in [4.69, 9.17) is 0 Å². The Morgan fingerprint density at radius 2 is 1.82 bits per heavy atom. The molecule has 0 spiro atoms. The lowest BCUT2D eigenvalue weighted by molar-refractivity contribution is 0.0600. The average molecular weight is 297 g/mol. The molecule has 1 aromatic heterocycles. The van der Waals surface area contributed by atoms with Gasteiger partial charge in [-0.2, -0.15) is 5.10 Å². The van der Waals surface area contributed by atoms with E-state index in [0.717, 1.165) is 11.3 Å². The van der Waals surface area contributed by atoms with Gasteiger partial charge in [-0.15, -0.1) is 0 Å². The van der Waals surface area contributed by atoms with Gasteiger partial charge in [0.1, 0.15) is 0 Å². The molecular weight excluding hydrogens is 282 g/mol. The van der Waals surface area contributed by atoms with Crippen LogP contribution in [0, 0.1) is 6.92 Å². The van der Waals surface area contributed by atoms with E-state index in [0.29, 0.717) is 11.1 Å². The number of amides is 1. The zero-order valence-electron chi connectivity index (χ0n) is 12.2. The van der Waals surface area contributed by atoms with E-state index in [1.165, 1.54) is 19.5 Å². The van der Waals surface area contributed by atoms with Crippen molar-refractivity contribution < 1.29 is 14.3 Å². The van der Waals surface area contributed by atoms with Gasteiger partial charge in [0.25, 0.3) is 5.91 Å². The highest BCUT2D eigenvalue weighted by Gasteiger charge is 2.05. The fourth-order valence-corrected chi connectivity index (χ4v) is 1.66. The van der Waals surface area contributed by atoms with Gasteiger partial charge in [0.05, 0.1) is 24.5 Å². The molecule has 2 rings (SSSR count). The molecule has 6 heteroatoms. The third-order valence-electron chi connectivity index (χ3n) is 2.89. The molecule has 1 amide bonds. The molecule has 6 nitrogen and oxygen atoms in total. The number of benzene rings is 1. The Morgan fingerprint density at radius 3 is 2.41 bits per heavy atom. The van der Waals surface area contributed by atoms with E-state index >= 15 is 0 Å². The number of hydrogen-bond acceptors (Lipinski definition) is 5. The number of carbonyl (C=O) groups excluding carboxylic acids is 2. The van der Waals surface area contributed by atoms with E-state index in [1.807, 2.05) is 6.92 Å². The fraction of sp³-hybridized carbons (Fsp3) is 0.125. The second-order valence-corrected chi connectivity index (χ2v) is 4.50. The van der Waals surface area contributed by atoms with Crippen LogP contribution in [0.2, 0.25) is 0 Å². The molecule has 0 fully saturated rings. The molecule has 22 heavy (non-hydrogen) atoms. The van der Waals surface area contributed by atoms with Crippen molar-refractivity contribution in [1.29, 1.82) is 0 Å². The van der Waals surface area contributed by atoms with E-state index in [-0.39, 0.29) is 5.91 Å². The largest absolute Gasteiger partial charge is 0.465 e. The third-order valence-corrected chi connectivity index (χ3v) is 2.89. The highest BCUT2D eigenvalue weighted by molar-refractivity contribution is 5.94. The molecule has 0 bridgehead atoms. The molecule has 0 aliphatic carbocycles. The molecule has 1 heterocycles. The van der Waals surface area contributed by atoms with Crippen molar-refractivity contribution in [3.63, 3.8) is 0 Å². The minimum atomic E-state index is -0.399. The van der Waals surface area contributed by atoms with E-state index < -0.39 is 5.97 Å². The van der Waals surface area contributed by atoms with Gasteiger partial charge in [0.15, 0.2) is 0 Å². The summed E-state index contributed by atoms with van der Waals surface area (Å²) in [5, 5.41) is 3.87. The lowest BCUT2D eigenvalue weighted by Gasteiger charge is -2.00. The molecule has 0 atom stereocenters. The first-order valence-electron chi connectivity index (χ1n) is 6.54. The maximum Gasteiger partial charge on any atom is 0.337 e. The molecule has 0 unspecified atom stereocenters. The molecular formula is C16H15N3O3. The summed E-state index contributed by atoms with van der Waals surface area (Å²) in [6, 6.07) is 10.1. The first kappa shape index (κ1) is 15.4. The highest BCUT2D eigenvalue weighted by atomic mass is 16.5. The quantitative estimate of drug-likeness (QED) is 0.531. The molecule has 0 radical (unpaired) electrons. The van der Waals surface area contributed by atoms with Crippen LogP contribution in [-0.4, -0.2) is 30.2 Å². The number of hydrazone groups is 1. The van der Waals surface area contributed by atoms with Gasteiger partial charge in [-0.3, -0.25) is 9.78 Å². The van der Waals surface area contributed by atoms with Crippen LogP contribution in [0.5, 0.6) is 0 Å². The van der Waals surface area contributed by atoms with E-state index in [2.05, 4.69) is 20.2 Å². The standard InChI is InChI=1S/C16H15N3O3/c1-11-3-6-14(10-17-11)15(20)19-18-9-12-4-7-13(8-5-12)16(21)22-2/h3-10H,1-2H3,(H,19,20)/b18-9+. The summed E-state index contributed by atoms with van der Waals surface area (Å²) in [6.07, 6.45) is 2.98. The summed E-state index contributed by atoms with van der Waals surface area (Å²) >= 11 is 0. The molecule has 112 valence electrons. The van der Waals surface area contributed by atoms with Crippen LogP contribution in [0.15, 0.2) is 47.7 Å². The molecule has 0 saturated carbocycles. The van der Waals surface area contributed by atoms with Crippen LogP contribution in [0.1, 0.15) is 32.0 Å². The van der Waals surface area contributed by atoms with Crippen LogP contribution < -0.4 is 5.43 Å². The number of ether oxygens (including phenoxy) is 1. The van der Waals surface area contributed by atoms with Crippen molar-refractivity contribution in [3.05, 3.63) is 65.0 Å². The molecule has 1 N–H and O–H groups in total. The summed E-state index contributed by atoms with van der Waals surface area (Å²) in [7, 11) is 1.33. The topological polar surface area (TPSA) is 80.6 Å². The molecule has 0 saturated heterocycles. The summed E-state index contributed by atoms with van der Waals surface area (Å²) in [4.78, 5) is 27.1. The Labute approximate surface area is 127 Å². The minimum Gasteiger partial charge on any atom is -0.465 e. The summed E-state index contributed by atoms with van der Waals surface area (Å²) in [6.45, 7) is 1.85. The maximum atomic E-state index is 11.8. The van der Waals surface area contributed by atoms with Crippen LogP contribution >= 0.6 is 0 Å². The zero-order chi connectivity index (χ0) is 15.9. The average Bonchev–Trinajstić information content (AvgIpc) is 2.55. The van der Waals surface area contributed by atoms with Crippen molar-refractivity contribution in [2.24, 2.45) is 5.10 Å². The van der Waals surface area contributed by atoms with Crippen LogP contribution in [0.4, 0.5) is 0 Å². The molecule has 0 aliphatic heterocycles. The zero-order valence-corrected chi connectivity index (χ0v) is 12.2. The summed E-state index contributed by atoms with van der Waals surface area (Å²) in [5.41, 5.74) is 4.89. The van der Waals surface area contributed by atoms with Crippen molar-refractivity contribution in [3.8, 4) is 0 Å².